The topological polar surface area (TPSA) is 84.0 Å². The molecular weight excluding hydrogens is 528 g/mol. The van der Waals surface area contributed by atoms with Crippen LogP contribution < -0.4 is 21.1 Å². The van der Waals surface area contributed by atoms with Crippen molar-refractivity contribution in [2.45, 2.75) is 79.1 Å². The van der Waals surface area contributed by atoms with Gasteiger partial charge < -0.3 is 18.6 Å². The molecule has 0 aliphatic heterocycles. The smallest absolute Gasteiger partial charge is 0.347 e. The van der Waals surface area contributed by atoms with Crippen molar-refractivity contribution in [2.75, 3.05) is 36.0 Å². The van der Waals surface area contributed by atoms with E-state index in [0.717, 1.165) is 88.9 Å². The van der Waals surface area contributed by atoms with Crippen LogP contribution in [0.25, 0.3) is 21.9 Å². The maximum Gasteiger partial charge on any atom is 0.347 e. The van der Waals surface area contributed by atoms with E-state index in [4.69, 9.17) is 8.83 Å². The molecule has 7 nitrogen and oxygen atoms in total. The van der Waals surface area contributed by atoms with Crippen LogP contribution in [0.4, 0.5) is 11.4 Å². The first-order valence-corrected chi connectivity index (χ1v) is 15.6. The van der Waals surface area contributed by atoms with Gasteiger partial charge in [-0.15, -0.1) is 0 Å². The van der Waals surface area contributed by atoms with Gasteiger partial charge in [-0.2, -0.15) is 0 Å². The van der Waals surface area contributed by atoms with Gasteiger partial charge in [-0.1, -0.05) is 53.4 Å². The van der Waals surface area contributed by atoms with Crippen LogP contribution in [-0.4, -0.2) is 32.0 Å². The minimum atomic E-state index is -0.768. The second-order valence-electron chi connectivity index (χ2n) is 11.1. The fourth-order valence-electron chi connectivity index (χ4n) is 5.19. The van der Waals surface area contributed by atoms with Gasteiger partial charge in [-0.25, -0.2) is 9.59 Å². The molecule has 2 aromatic heterocycles. The molecule has 0 amide bonds. The molecule has 2 heterocycles. The zero-order valence-corrected chi connectivity index (χ0v) is 25.5. The highest BCUT2D eigenvalue weighted by Crippen LogP contribution is 2.26. The first kappa shape index (κ1) is 31.1. The van der Waals surface area contributed by atoms with Crippen molar-refractivity contribution in [1.29, 1.82) is 0 Å². The molecule has 0 spiro atoms. The molecule has 0 atom stereocenters. The summed E-state index contributed by atoms with van der Waals surface area (Å²) in [5.74, 6) is -0.700. The van der Waals surface area contributed by atoms with Gasteiger partial charge in [0.2, 0.25) is 5.78 Å². The number of unbranched alkanes of at least 4 members (excludes halogenated alkanes) is 4. The predicted molar refractivity (Wildman–Crippen MR) is 172 cm³/mol. The predicted octanol–water partition coefficient (Wildman–Crippen LogP) is 7.94. The molecule has 4 aromatic rings. The van der Waals surface area contributed by atoms with Crippen molar-refractivity contribution >= 4 is 39.1 Å². The summed E-state index contributed by atoms with van der Waals surface area (Å²) in [6.45, 7) is 12.4. The lowest BCUT2D eigenvalue weighted by Crippen LogP contribution is -2.25. The number of carbonyl (C=O) groups is 1. The number of anilines is 2. The standard InChI is InChI=1S/C35H44N2O5/c1-5-9-17-36(18-10-6-2)27-15-13-25-21-29(34(39)41-31(25)23-27)33(38)30-22-26-14-16-28(24-32(26)42-35(30)40)37(19-11-7-3)20-12-8-4/h13-16,21-24H,5-12,17-20H2,1-4H3. The van der Waals surface area contributed by atoms with Gasteiger partial charge in [-0.3, -0.25) is 4.79 Å². The Kier molecular flexibility index (Phi) is 11.0. The van der Waals surface area contributed by atoms with Crippen LogP contribution >= 0.6 is 0 Å². The van der Waals surface area contributed by atoms with Crippen LogP contribution in [0.5, 0.6) is 0 Å². The Morgan fingerprint density at radius 1 is 0.571 bits per heavy atom. The molecule has 0 aliphatic rings. The number of benzene rings is 2. The van der Waals surface area contributed by atoms with E-state index in [1.165, 1.54) is 12.1 Å². The maximum absolute atomic E-state index is 13.5. The van der Waals surface area contributed by atoms with Crippen LogP contribution in [-0.2, 0) is 0 Å². The highest BCUT2D eigenvalue weighted by molar-refractivity contribution is 6.10. The monoisotopic (exact) mass is 572 g/mol. The van der Waals surface area contributed by atoms with Crippen LogP contribution in [0, 0.1) is 0 Å². The van der Waals surface area contributed by atoms with Crippen molar-refractivity contribution in [3.05, 3.63) is 80.5 Å². The second-order valence-corrected chi connectivity index (χ2v) is 11.1. The number of fused-ring (bicyclic) bond motifs is 2. The van der Waals surface area contributed by atoms with E-state index < -0.39 is 17.0 Å². The van der Waals surface area contributed by atoms with E-state index in [1.54, 1.807) is 0 Å². The van der Waals surface area contributed by atoms with Crippen LogP contribution in [0.2, 0.25) is 0 Å². The Hall–Kier alpha value is -3.87. The van der Waals surface area contributed by atoms with Crippen molar-refractivity contribution in [3.63, 3.8) is 0 Å². The molecule has 0 unspecified atom stereocenters. The van der Waals surface area contributed by atoms with E-state index in [1.807, 2.05) is 36.4 Å². The van der Waals surface area contributed by atoms with Crippen LogP contribution in [0.15, 0.2) is 67.0 Å². The third-order valence-electron chi connectivity index (χ3n) is 7.78. The minimum Gasteiger partial charge on any atom is -0.422 e. The molecule has 4 rings (SSSR count). The molecule has 7 heteroatoms. The van der Waals surface area contributed by atoms with Gasteiger partial charge in [0, 0.05) is 60.5 Å². The van der Waals surface area contributed by atoms with Gasteiger partial charge in [0.05, 0.1) is 0 Å². The number of rotatable bonds is 16. The van der Waals surface area contributed by atoms with E-state index in [0.29, 0.717) is 21.9 Å². The highest BCUT2D eigenvalue weighted by Gasteiger charge is 2.21. The zero-order chi connectivity index (χ0) is 30.1. The van der Waals surface area contributed by atoms with Crippen LogP contribution in [0.3, 0.4) is 0 Å². The molecule has 0 radical (unpaired) electrons. The van der Waals surface area contributed by atoms with Gasteiger partial charge in [0.1, 0.15) is 22.3 Å². The number of nitrogens with zero attached hydrogens (tertiary/aromatic N) is 2. The fourth-order valence-corrected chi connectivity index (χ4v) is 5.19. The molecule has 0 bridgehead atoms. The molecule has 42 heavy (non-hydrogen) atoms. The average molecular weight is 573 g/mol. The maximum atomic E-state index is 13.5. The SMILES string of the molecule is CCCCN(CCCC)c1ccc2cc(C(=O)c3cc4ccc(N(CCCC)CCCC)cc4oc3=O)c(=O)oc2c1. The zero-order valence-electron chi connectivity index (χ0n) is 25.5. The molecule has 0 fully saturated rings. The number of ketones is 1. The lowest BCUT2D eigenvalue weighted by atomic mass is 10.0. The van der Waals surface area contributed by atoms with Gasteiger partial charge in [0.25, 0.3) is 0 Å². The van der Waals surface area contributed by atoms with E-state index in [2.05, 4.69) is 37.5 Å². The van der Waals surface area contributed by atoms with Gasteiger partial charge in [0.15, 0.2) is 0 Å². The first-order valence-electron chi connectivity index (χ1n) is 15.6. The number of carbonyl (C=O) groups excluding carboxylic acids is 1. The summed E-state index contributed by atoms with van der Waals surface area (Å²) in [6.07, 6.45) is 8.67. The van der Waals surface area contributed by atoms with Crippen LogP contribution in [0.1, 0.15) is 95.0 Å². The summed E-state index contributed by atoms with van der Waals surface area (Å²) >= 11 is 0. The van der Waals surface area contributed by atoms with Crippen molar-refractivity contribution in [1.82, 2.24) is 0 Å². The Balaban J connectivity index is 1.64. The number of hydrogen-bond donors (Lipinski definition) is 0. The van der Waals surface area contributed by atoms with E-state index in [9.17, 15) is 14.4 Å². The van der Waals surface area contributed by atoms with Crippen molar-refractivity contribution in [3.8, 4) is 0 Å². The summed E-state index contributed by atoms with van der Waals surface area (Å²) in [4.78, 5) is 44.1. The number of hydrogen-bond acceptors (Lipinski definition) is 7. The molecule has 0 aliphatic carbocycles. The molecule has 2 aromatic carbocycles. The van der Waals surface area contributed by atoms with Crippen molar-refractivity contribution < 1.29 is 13.6 Å². The molecule has 0 saturated heterocycles. The van der Waals surface area contributed by atoms with Gasteiger partial charge in [-0.05, 0) is 62.1 Å². The third kappa shape index (κ3) is 7.30. The lowest BCUT2D eigenvalue weighted by Gasteiger charge is -2.25. The first-order chi connectivity index (χ1) is 20.4. The molecular formula is C35H44N2O5. The highest BCUT2D eigenvalue weighted by atomic mass is 16.4. The summed E-state index contributed by atoms with van der Waals surface area (Å²) < 4.78 is 11.3. The summed E-state index contributed by atoms with van der Waals surface area (Å²) in [6, 6.07) is 14.5. The summed E-state index contributed by atoms with van der Waals surface area (Å²) in [5, 5.41) is 1.25. The van der Waals surface area contributed by atoms with E-state index in [-0.39, 0.29) is 11.1 Å². The Labute approximate surface area is 248 Å². The molecule has 0 saturated carbocycles. The summed E-state index contributed by atoms with van der Waals surface area (Å²) in [7, 11) is 0. The molecule has 0 N–H and O–H groups in total. The molecule has 224 valence electrons. The van der Waals surface area contributed by atoms with Gasteiger partial charge >= 0.3 is 11.3 Å². The summed E-state index contributed by atoms with van der Waals surface area (Å²) in [5.41, 5.74) is 0.913. The average Bonchev–Trinajstić information content (AvgIpc) is 2.99. The fraction of sp³-hybridized carbons (Fsp3) is 0.457. The van der Waals surface area contributed by atoms with E-state index >= 15 is 0 Å². The lowest BCUT2D eigenvalue weighted by molar-refractivity contribution is 0.103. The quantitative estimate of drug-likeness (QED) is 0.0995. The second kappa shape index (κ2) is 14.9. The normalized spacial score (nSPS) is 11.3. The third-order valence-corrected chi connectivity index (χ3v) is 7.78. The van der Waals surface area contributed by atoms with Crippen molar-refractivity contribution in [2.24, 2.45) is 0 Å². The Morgan fingerprint density at radius 2 is 0.929 bits per heavy atom. The Morgan fingerprint density at radius 3 is 1.26 bits per heavy atom. The minimum absolute atomic E-state index is 0.183. The Bertz CT molecular complexity index is 1480. The largest absolute Gasteiger partial charge is 0.422 e.